The summed E-state index contributed by atoms with van der Waals surface area (Å²) in [4.78, 5) is 13.3. The lowest BCUT2D eigenvalue weighted by Crippen LogP contribution is -2.23. The minimum Gasteiger partial charge on any atom is -0.343 e. The first-order valence-corrected chi connectivity index (χ1v) is 5.52. The Morgan fingerprint density at radius 2 is 2.18 bits per heavy atom. The van der Waals surface area contributed by atoms with Gasteiger partial charge in [0.05, 0.1) is 0 Å². The Kier molecular flexibility index (Phi) is 1.80. The first-order chi connectivity index (χ1) is 7.85. The maximum absolute atomic E-state index is 13.9. The second-order valence-corrected chi connectivity index (χ2v) is 5.01. The van der Waals surface area contributed by atoms with E-state index in [9.17, 15) is 13.6 Å². The first-order valence-electron chi connectivity index (χ1n) is 5.52. The number of hydrogen-bond donors (Lipinski definition) is 0. The highest BCUT2D eigenvalue weighted by Crippen LogP contribution is 2.67. The molecule has 92 valence electrons. The molecule has 1 unspecified atom stereocenters. The molecule has 0 spiro atoms. The van der Waals surface area contributed by atoms with E-state index in [0.29, 0.717) is 12.0 Å². The van der Waals surface area contributed by atoms with E-state index in [0.717, 1.165) is 4.68 Å². The van der Waals surface area contributed by atoms with Crippen molar-refractivity contribution in [2.24, 2.45) is 13.0 Å². The van der Waals surface area contributed by atoms with Gasteiger partial charge in [-0.3, -0.25) is 9.48 Å². The molecule has 4 nitrogen and oxygen atoms in total. The van der Waals surface area contributed by atoms with Crippen LogP contribution < -0.4 is 0 Å². The van der Waals surface area contributed by atoms with E-state index in [1.807, 2.05) is 0 Å². The number of aryl methyl sites for hydroxylation is 1. The van der Waals surface area contributed by atoms with Crippen molar-refractivity contribution in [3.05, 3.63) is 17.0 Å². The van der Waals surface area contributed by atoms with Crippen LogP contribution in [0.3, 0.4) is 0 Å². The molecule has 1 saturated carbocycles. The third kappa shape index (κ3) is 1.15. The molecule has 1 aromatic rings. The lowest BCUT2D eigenvalue weighted by molar-refractivity contribution is -0.0301. The molecule has 17 heavy (non-hydrogen) atoms. The molecule has 6 heteroatoms. The molecule has 1 fully saturated rings. The van der Waals surface area contributed by atoms with Crippen LogP contribution in [0.5, 0.6) is 0 Å². The quantitative estimate of drug-likeness (QED) is 0.744. The van der Waals surface area contributed by atoms with E-state index >= 15 is 0 Å². The molecule has 0 bridgehead atoms. The van der Waals surface area contributed by atoms with Crippen molar-refractivity contribution in [2.45, 2.75) is 18.3 Å². The molecule has 3 rings (SSSR count). The van der Waals surface area contributed by atoms with E-state index in [2.05, 4.69) is 5.10 Å². The Morgan fingerprint density at radius 1 is 1.53 bits per heavy atom. The van der Waals surface area contributed by atoms with Gasteiger partial charge >= 0.3 is 0 Å². The predicted octanol–water partition coefficient (Wildman–Crippen LogP) is 1.33. The van der Waals surface area contributed by atoms with Gasteiger partial charge < -0.3 is 4.90 Å². The number of amides is 1. The van der Waals surface area contributed by atoms with Crippen molar-refractivity contribution in [3.63, 3.8) is 0 Å². The Hall–Kier alpha value is -1.46. The SMILES string of the molecule is CN(C)C(=O)c1nn(C)c2c1C1C[C@H]1C2(F)F. The maximum Gasteiger partial charge on any atom is 0.293 e. The fraction of sp³-hybridized carbons (Fsp3) is 0.636. The number of alkyl halides is 2. The highest BCUT2D eigenvalue weighted by atomic mass is 19.3. The third-order valence-corrected chi connectivity index (χ3v) is 3.64. The number of fused-ring (bicyclic) bond motifs is 3. The van der Waals surface area contributed by atoms with Crippen LogP contribution in [0, 0.1) is 5.92 Å². The van der Waals surface area contributed by atoms with Gasteiger partial charge in [-0.2, -0.15) is 13.9 Å². The summed E-state index contributed by atoms with van der Waals surface area (Å²) in [6.45, 7) is 0. The second kappa shape index (κ2) is 2.86. The summed E-state index contributed by atoms with van der Waals surface area (Å²) in [7, 11) is 4.67. The monoisotopic (exact) mass is 241 g/mol. The van der Waals surface area contributed by atoms with Crippen LogP contribution in [0.4, 0.5) is 8.78 Å². The molecule has 0 aromatic carbocycles. The molecule has 0 N–H and O–H groups in total. The van der Waals surface area contributed by atoms with Crippen LogP contribution in [0.2, 0.25) is 0 Å². The van der Waals surface area contributed by atoms with Crippen molar-refractivity contribution in [3.8, 4) is 0 Å². The van der Waals surface area contributed by atoms with Gasteiger partial charge in [0.1, 0.15) is 5.69 Å². The minimum absolute atomic E-state index is 0.0658. The van der Waals surface area contributed by atoms with Crippen molar-refractivity contribution in [1.29, 1.82) is 0 Å². The van der Waals surface area contributed by atoms with E-state index < -0.39 is 11.8 Å². The van der Waals surface area contributed by atoms with Gasteiger partial charge in [0.15, 0.2) is 5.69 Å². The molecule has 1 aromatic heterocycles. The summed E-state index contributed by atoms with van der Waals surface area (Å²) in [6, 6.07) is 0. The molecule has 2 aliphatic carbocycles. The van der Waals surface area contributed by atoms with Gasteiger partial charge in [-0.05, 0) is 12.3 Å². The van der Waals surface area contributed by atoms with Crippen LogP contribution in [-0.2, 0) is 13.0 Å². The minimum atomic E-state index is -2.83. The molecule has 0 radical (unpaired) electrons. The van der Waals surface area contributed by atoms with Crippen LogP contribution in [0.25, 0.3) is 0 Å². The number of carbonyl (C=O) groups is 1. The first kappa shape index (κ1) is 10.7. The van der Waals surface area contributed by atoms with Crippen molar-refractivity contribution in [1.82, 2.24) is 14.7 Å². The molecule has 0 aliphatic heterocycles. The van der Waals surface area contributed by atoms with Crippen molar-refractivity contribution < 1.29 is 13.6 Å². The normalized spacial score (nSPS) is 27.6. The van der Waals surface area contributed by atoms with Crippen LogP contribution in [0.1, 0.15) is 34.1 Å². The van der Waals surface area contributed by atoms with Crippen LogP contribution in [-0.4, -0.2) is 34.7 Å². The average molecular weight is 241 g/mol. The summed E-state index contributed by atoms with van der Waals surface area (Å²) >= 11 is 0. The van der Waals surface area contributed by atoms with Crippen LogP contribution >= 0.6 is 0 Å². The zero-order valence-electron chi connectivity index (χ0n) is 9.87. The molecular weight excluding hydrogens is 228 g/mol. The molecule has 1 amide bonds. The average Bonchev–Trinajstić information content (AvgIpc) is 2.90. The molecule has 0 saturated heterocycles. The lowest BCUT2D eigenvalue weighted by Gasteiger charge is -2.12. The van der Waals surface area contributed by atoms with Gasteiger partial charge in [-0.25, -0.2) is 0 Å². The van der Waals surface area contributed by atoms with E-state index in [-0.39, 0.29) is 23.2 Å². The smallest absolute Gasteiger partial charge is 0.293 e. The summed E-state index contributed by atoms with van der Waals surface area (Å²) in [5.41, 5.74) is 0.599. The number of rotatable bonds is 1. The molecular formula is C11H13F2N3O. The number of hydrogen-bond acceptors (Lipinski definition) is 2. The highest BCUT2D eigenvalue weighted by molar-refractivity contribution is 5.94. The van der Waals surface area contributed by atoms with E-state index in [4.69, 9.17) is 0 Å². The lowest BCUT2D eigenvalue weighted by atomic mass is 10.1. The van der Waals surface area contributed by atoms with Gasteiger partial charge in [-0.1, -0.05) is 0 Å². The molecule has 2 aliphatic rings. The highest BCUT2D eigenvalue weighted by Gasteiger charge is 2.66. The standard InChI is InChI=1S/C11H13F2N3O/c1-15(2)10(17)8-7-5-4-6(5)11(12,13)9(7)16(3)14-8/h5-6H,4H2,1-3H3/t5?,6-/m1/s1. The van der Waals surface area contributed by atoms with Gasteiger partial charge in [0, 0.05) is 32.6 Å². The van der Waals surface area contributed by atoms with Crippen molar-refractivity contribution >= 4 is 5.91 Å². The van der Waals surface area contributed by atoms with E-state index in [1.165, 1.54) is 11.9 Å². The maximum atomic E-state index is 13.9. The third-order valence-electron chi connectivity index (χ3n) is 3.64. The zero-order valence-corrected chi connectivity index (χ0v) is 9.87. The Balaban J connectivity index is 2.17. The van der Waals surface area contributed by atoms with Crippen molar-refractivity contribution in [2.75, 3.05) is 14.1 Å². The number of aromatic nitrogens is 2. The van der Waals surface area contributed by atoms with Gasteiger partial charge in [0.2, 0.25) is 0 Å². The number of halogens is 2. The molecule has 1 heterocycles. The predicted molar refractivity (Wildman–Crippen MR) is 56.0 cm³/mol. The fourth-order valence-electron chi connectivity index (χ4n) is 2.75. The summed E-state index contributed by atoms with van der Waals surface area (Å²) < 4.78 is 29.0. The van der Waals surface area contributed by atoms with Gasteiger partial charge in [0.25, 0.3) is 11.8 Å². The fourth-order valence-corrected chi connectivity index (χ4v) is 2.75. The second-order valence-electron chi connectivity index (χ2n) is 5.01. The summed E-state index contributed by atoms with van der Waals surface area (Å²) in [6.07, 6.45) is 0.472. The zero-order chi connectivity index (χ0) is 12.5. The van der Waals surface area contributed by atoms with Gasteiger partial charge in [-0.15, -0.1) is 0 Å². The number of nitrogens with zero attached hydrogens (tertiary/aromatic N) is 3. The Bertz CT molecular complexity index is 521. The topological polar surface area (TPSA) is 38.1 Å². The molecule has 2 atom stereocenters. The van der Waals surface area contributed by atoms with E-state index in [1.54, 1.807) is 14.1 Å². The number of carbonyl (C=O) groups excluding carboxylic acids is 1. The summed E-state index contributed by atoms with van der Waals surface area (Å²) in [5, 5.41) is 3.97. The van der Waals surface area contributed by atoms with Crippen LogP contribution in [0.15, 0.2) is 0 Å². The summed E-state index contributed by atoms with van der Waals surface area (Å²) in [5.74, 6) is -3.92. The largest absolute Gasteiger partial charge is 0.343 e. The Morgan fingerprint density at radius 3 is 2.76 bits per heavy atom. The Labute approximate surface area is 97.2 Å².